The molecule has 0 aliphatic heterocycles. The average molecular weight is 353 g/mol. The summed E-state index contributed by atoms with van der Waals surface area (Å²) >= 11 is 5.91. The van der Waals surface area contributed by atoms with Gasteiger partial charge in [0.05, 0.1) is 30.5 Å². The molecule has 0 bridgehead atoms. The number of nitriles is 1. The summed E-state index contributed by atoms with van der Waals surface area (Å²) in [5, 5.41) is 9.00. The highest BCUT2D eigenvalue weighted by molar-refractivity contribution is 7.92. The Balaban J connectivity index is 2.43. The standard InChI is InChI=1S/C15H13ClN2O4S/c1-21-12-5-6-14(22-2)15(8-12)23(19,20)18-11-4-3-10(9-17)13(16)7-11/h3-8,18H,1-2H3. The molecule has 8 heteroatoms. The lowest BCUT2D eigenvalue weighted by Gasteiger charge is -2.13. The number of rotatable bonds is 5. The van der Waals surface area contributed by atoms with Crippen LogP contribution in [-0.2, 0) is 10.0 Å². The number of anilines is 1. The Kier molecular flexibility index (Phi) is 4.98. The van der Waals surface area contributed by atoms with E-state index in [1.165, 1.54) is 44.6 Å². The number of sulfonamides is 1. The third-order valence-corrected chi connectivity index (χ3v) is 4.72. The molecule has 0 saturated carbocycles. The van der Waals surface area contributed by atoms with E-state index in [1.807, 2.05) is 6.07 Å². The van der Waals surface area contributed by atoms with Crippen molar-refractivity contribution in [1.29, 1.82) is 5.26 Å². The largest absolute Gasteiger partial charge is 0.497 e. The molecule has 0 amide bonds. The van der Waals surface area contributed by atoms with Gasteiger partial charge < -0.3 is 9.47 Å². The highest BCUT2D eigenvalue weighted by atomic mass is 35.5. The number of nitrogens with one attached hydrogen (secondary N) is 1. The van der Waals surface area contributed by atoms with E-state index >= 15 is 0 Å². The summed E-state index contributed by atoms with van der Waals surface area (Å²) < 4.78 is 37.6. The molecule has 0 saturated heterocycles. The van der Waals surface area contributed by atoms with Crippen molar-refractivity contribution in [2.24, 2.45) is 0 Å². The average Bonchev–Trinajstić information content (AvgIpc) is 2.54. The predicted molar refractivity (Wildman–Crippen MR) is 86.5 cm³/mol. The summed E-state index contributed by atoms with van der Waals surface area (Å²) in [5.41, 5.74) is 0.493. The van der Waals surface area contributed by atoms with Gasteiger partial charge in [0.1, 0.15) is 22.5 Å². The lowest BCUT2D eigenvalue weighted by atomic mass is 10.2. The Bertz CT molecular complexity index is 876. The minimum absolute atomic E-state index is 0.0696. The van der Waals surface area contributed by atoms with Crippen LogP contribution in [0.1, 0.15) is 5.56 Å². The summed E-state index contributed by atoms with van der Waals surface area (Å²) in [7, 11) is -1.11. The molecule has 0 spiro atoms. The van der Waals surface area contributed by atoms with Gasteiger partial charge in [-0.2, -0.15) is 5.26 Å². The van der Waals surface area contributed by atoms with Gasteiger partial charge in [-0.1, -0.05) is 11.6 Å². The molecule has 0 heterocycles. The van der Waals surface area contributed by atoms with E-state index < -0.39 is 10.0 Å². The molecule has 120 valence electrons. The molecule has 6 nitrogen and oxygen atoms in total. The monoisotopic (exact) mass is 352 g/mol. The van der Waals surface area contributed by atoms with Crippen molar-refractivity contribution in [2.75, 3.05) is 18.9 Å². The quantitative estimate of drug-likeness (QED) is 0.893. The molecule has 0 atom stereocenters. The second kappa shape index (κ2) is 6.77. The predicted octanol–water partition coefficient (Wildman–Crippen LogP) is 3.03. The minimum atomic E-state index is -3.92. The SMILES string of the molecule is COc1ccc(OC)c(S(=O)(=O)Nc2ccc(C#N)c(Cl)c2)c1. The Morgan fingerprint density at radius 2 is 1.87 bits per heavy atom. The number of halogens is 1. The maximum Gasteiger partial charge on any atom is 0.265 e. The van der Waals surface area contributed by atoms with Crippen LogP contribution in [-0.4, -0.2) is 22.6 Å². The second-order valence-corrected chi connectivity index (χ2v) is 6.49. The van der Waals surface area contributed by atoms with Gasteiger partial charge in [-0.05, 0) is 30.3 Å². The fourth-order valence-electron chi connectivity index (χ4n) is 1.87. The van der Waals surface area contributed by atoms with Crippen molar-refractivity contribution in [3.63, 3.8) is 0 Å². The van der Waals surface area contributed by atoms with E-state index in [9.17, 15) is 8.42 Å². The normalized spacial score (nSPS) is 10.7. The zero-order valence-electron chi connectivity index (χ0n) is 12.3. The van der Waals surface area contributed by atoms with Gasteiger partial charge >= 0.3 is 0 Å². The van der Waals surface area contributed by atoms with Gasteiger partial charge in [-0.15, -0.1) is 0 Å². The van der Waals surface area contributed by atoms with Gasteiger partial charge in [0.25, 0.3) is 10.0 Å². The maximum atomic E-state index is 12.6. The van der Waals surface area contributed by atoms with Crippen molar-refractivity contribution in [2.45, 2.75) is 4.90 Å². The van der Waals surface area contributed by atoms with Gasteiger partial charge in [0.15, 0.2) is 0 Å². The summed E-state index contributed by atoms with van der Waals surface area (Å²) in [6.45, 7) is 0. The van der Waals surface area contributed by atoms with Gasteiger partial charge in [-0.3, -0.25) is 4.72 Å². The molecule has 2 aromatic carbocycles. The van der Waals surface area contributed by atoms with Crippen molar-refractivity contribution >= 4 is 27.3 Å². The van der Waals surface area contributed by atoms with Gasteiger partial charge in [0, 0.05) is 6.07 Å². The Morgan fingerprint density at radius 1 is 1.13 bits per heavy atom. The number of benzene rings is 2. The third-order valence-electron chi connectivity index (χ3n) is 3.00. The molecule has 0 aromatic heterocycles. The molecular weight excluding hydrogens is 340 g/mol. The van der Waals surface area contributed by atoms with E-state index in [0.717, 1.165) is 0 Å². The summed E-state index contributed by atoms with van der Waals surface area (Å²) in [4.78, 5) is -0.0696. The smallest absolute Gasteiger partial charge is 0.265 e. The van der Waals surface area contributed by atoms with Crippen LogP contribution in [0.2, 0.25) is 5.02 Å². The topological polar surface area (TPSA) is 88.4 Å². The molecule has 0 aliphatic rings. The molecule has 2 rings (SSSR count). The van der Waals surface area contributed by atoms with Crippen LogP contribution < -0.4 is 14.2 Å². The van der Waals surface area contributed by atoms with E-state index in [4.69, 9.17) is 26.3 Å². The Hall–Kier alpha value is -2.43. The number of nitrogens with zero attached hydrogens (tertiary/aromatic N) is 1. The zero-order valence-corrected chi connectivity index (χ0v) is 13.9. The van der Waals surface area contributed by atoms with E-state index in [2.05, 4.69) is 4.72 Å². The molecule has 0 fully saturated rings. The first-order valence-electron chi connectivity index (χ1n) is 6.35. The van der Waals surface area contributed by atoms with Crippen molar-refractivity contribution in [3.8, 4) is 17.6 Å². The third kappa shape index (κ3) is 3.67. The first-order chi connectivity index (χ1) is 10.9. The van der Waals surface area contributed by atoms with Crippen LogP contribution in [0.3, 0.4) is 0 Å². The second-order valence-electron chi connectivity index (χ2n) is 4.43. The minimum Gasteiger partial charge on any atom is -0.497 e. The number of methoxy groups -OCH3 is 2. The number of hydrogen-bond donors (Lipinski definition) is 1. The van der Waals surface area contributed by atoms with Gasteiger partial charge in [0.2, 0.25) is 0 Å². The number of ether oxygens (including phenoxy) is 2. The van der Waals surface area contributed by atoms with Crippen molar-refractivity contribution < 1.29 is 17.9 Å². The van der Waals surface area contributed by atoms with E-state index in [1.54, 1.807) is 6.07 Å². The van der Waals surface area contributed by atoms with Crippen LogP contribution in [0.5, 0.6) is 11.5 Å². The molecule has 0 unspecified atom stereocenters. The van der Waals surface area contributed by atoms with Crippen molar-refractivity contribution in [3.05, 3.63) is 47.0 Å². The summed E-state index contributed by atoms with van der Waals surface area (Å²) in [6, 6.07) is 10.6. The highest BCUT2D eigenvalue weighted by Crippen LogP contribution is 2.30. The lowest BCUT2D eigenvalue weighted by Crippen LogP contribution is -2.14. The maximum absolute atomic E-state index is 12.6. The molecule has 2 aromatic rings. The van der Waals surface area contributed by atoms with Crippen LogP contribution in [0.25, 0.3) is 0 Å². The fraction of sp³-hybridized carbons (Fsp3) is 0.133. The zero-order chi connectivity index (χ0) is 17.0. The van der Waals surface area contributed by atoms with Crippen LogP contribution in [0.4, 0.5) is 5.69 Å². The van der Waals surface area contributed by atoms with E-state index in [0.29, 0.717) is 5.75 Å². The highest BCUT2D eigenvalue weighted by Gasteiger charge is 2.21. The first-order valence-corrected chi connectivity index (χ1v) is 8.22. The fourth-order valence-corrected chi connectivity index (χ4v) is 3.33. The van der Waals surface area contributed by atoms with Crippen LogP contribution in [0.15, 0.2) is 41.3 Å². The summed E-state index contributed by atoms with van der Waals surface area (Å²) in [5.74, 6) is 0.557. The molecular formula is C15H13ClN2O4S. The lowest BCUT2D eigenvalue weighted by molar-refractivity contribution is 0.392. The first kappa shape index (κ1) is 16.9. The van der Waals surface area contributed by atoms with Gasteiger partial charge in [-0.25, -0.2) is 8.42 Å². The van der Waals surface area contributed by atoms with Crippen molar-refractivity contribution in [1.82, 2.24) is 0 Å². The molecule has 0 aliphatic carbocycles. The molecule has 1 N–H and O–H groups in total. The molecule has 23 heavy (non-hydrogen) atoms. The van der Waals surface area contributed by atoms with Crippen LogP contribution in [0, 0.1) is 11.3 Å². The Morgan fingerprint density at radius 3 is 2.43 bits per heavy atom. The van der Waals surface area contributed by atoms with E-state index in [-0.39, 0.29) is 26.9 Å². The van der Waals surface area contributed by atoms with Crippen LogP contribution >= 0.6 is 11.6 Å². The Labute approximate surface area is 139 Å². The summed E-state index contributed by atoms with van der Waals surface area (Å²) in [6.07, 6.45) is 0. The molecule has 0 radical (unpaired) electrons. The number of hydrogen-bond acceptors (Lipinski definition) is 5.